The van der Waals surface area contributed by atoms with Crippen LogP contribution in [0.1, 0.15) is 16.4 Å². The van der Waals surface area contributed by atoms with Crippen LogP contribution in [0.25, 0.3) is 0 Å². The van der Waals surface area contributed by atoms with Gasteiger partial charge in [0.25, 0.3) is 0 Å². The zero-order valence-corrected chi connectivity index (χ0v) is 13.4. The minimum absolute atomic E-state index is 0.0654. The highest BCUT2D eigenvalue weighted by atomic mass is 35.5. The minimum atomic E-state index is -3.90. The van der Waals surface area contributed by atoms with Crippen molar-refractivity contribution in [3.8, 4) is 6.07 Å². The van der Waals surface area contributed by atoms with Gasteiger partial charge in [0.15, 0.2) is 15.1 Å². The van der Waals surface area contributed by atoms with Crippen molar-refractivity contribution in [2.75, 3.05) is 0 Å². The molecule has 0 amide bonds. The van der Waals surface area contributed by atoms with Gasteiger partial charge in [-0.25, -0.2) is 8.42 Å². The van der Waals surface area contributed by atoms with Crippen molar-refractivity contribution in [1.29, 1.82) is 5.26 Å². The van der Waals surface area contributed by atoms with Crippen LogP contribution in [0.5, 0.6) is 0 Å². The summed E-state index contributed by atoms with van der Waals surface area (Å²) in [6.07, 6.45) is 0. The smallest absolute Gasteiger partial charge is 0.198 e. The summed E-state index contributed by atoms with van der Waals surface area (Å²) < 4.78 is 25.3. The van der Waals surface area contributed by atoms with Gasteiger partial charge in [0.1, 0.15) is 0 Å². The number of hydrogen-bond donors (Lipinski definition) is 0. The monoisotopic (exact) mass is 339 g/mol. The molecule has 108 valence electrons. The third-order valence-corrected chi connectivity index (χ3v) is 5.59. The highest BCUT2D eigenvalue weighted by Crippen LogP contribution is 2.37. The van der Waals surface area contributed by atoms with E-state index in [0.717, 1.165) is 5.56 Å². The first kappa shape index (κ1) is 15.8. The fourth-order valence-electron chi connectivity index (χ4n) is 1.91. The van der Waals surface area contributed by atoms with Crippen molar-refractivity contribution in [1.82, 2.24) is 0 Å². The maximum absolute atomic E-state index is 12.6. The Morgan fingerprint density at radius 3 is 2.05 bits per heavy atom. The Kier molecular flexibility index (Phi) is 4.58. The molecule has 0 N–H and O–H groups in total. The first-order chi connectivity index (χ1) is 9.87. The molecule has 2 rings (SSSR count). The van der Waals surface area contributed by atoms with E-state index in [9.17, 15) is 13.7 Å². The summed E-state index contributed by atoms with van der Waals surface area (Å²) in [5, 5.41) is 8.20. The number of nitriles is 1. The number of sulfone groups is 1. The number of benzene rings is 2. The Hall–Kier alpha value is -1.54. The first-order valence-electron chi connectivity index (χ1n) is 6.02. The molecule has 0 fully saturated rings. The molecular formula is C15H11Cl2NO2S. The van der Waals surface area contributed by atoms with Crippen LogP contribution in [0, 0.1) is 18.3 Å². The predicted octanol–water partition coefficient (Wildman–Crippen LogP) is 4.34. The van der Waals surface area contributed by atoms with E-state index in [0.29, 0.717) is 0 Å². The molecule has 3 nitrogen and oxygen atoms in total. The van der Waals surface area contributed by atoms with E-state index in [4.69, 9.17) is 23.2 Å². The van der Waals surface area contributed by atoms with Gasteiger partial charge in [0, 0.05) is 15.6 Å². The van der Waals surface area contributed by atoms with Gasteiger partial charge in [-0.1, -0.05) is 47.0 Å². The van der Waals surface area contributed by atoms with Crippen molar-refractivity contribution >= 4 is 33.0 Å². The molecule has 0 aliphatic rings. The Balaban J connectivity index is 2.61. The van der Waals surface area contributed by atoms with Crippen LogP contribution in [0.15, 0.2) is 47.4 Å². The number of nitrogens with zero attached hydrogens (tertiary/aromatic N) is 1. The summed E-state index contributed by atoms with van der Waals surface area (Å²) in [5.74, 6) is 0. The molecule has 0 radical (unpaired) electrons. The summed E-state index contributed by atoms with van der Waals surface area (Å²) in [5.41, 5.74) is 1.04. The lowest BCUT2D eigenvalue weighted by Gasteiger charge is -2.14. The number of aryl methyl sites for hydroxylation is 1. The lowest BCUT2D eigenvalue weighted by molar-refractivity contribution is 0.591. The van der Waals surface area contributed by atoms with E-state index in [1.165, 1.54) is 24.3 Å². The second-order valence-corrected chi connectivity index (χ2v) is 7.35. The lowest BCUT2D eigenvalue weighted by Crippen LogP contribution is -2.13. The Bertz CT molecular complexity index is 788. The molecule has 0 spiro atoms. The molecule has 0 heterocycles. The van der Waals surface area contributed by atoms with Crippen LogP contribution in [0.2, 0.25) is 10.0 Å². The van der Waals surface area contributed by atoms with Gasteiger partial charge in [-0.15, -0.1) is 0 Å². The van der Waals surface area contributed by atoms with Gasteiger partial charge in [-0.3, -0.25) is 0 Å². The van der Waals surface area contributed by atoms with Crippen molar-refractivity contribution < 1.29 is 8.42 Å². The second kappa shape index (κ2) is 6.07. The van der Waals surface area contributed by atoms with Gasteiger partial charge in [-0.2, -0.15) is 5.26 Å². The molecule has 6 heteroatoms. The quantitative estimate of drug-likeness (QED) is 0.835. The van der Waals surface area contributed by atoms with Gasteiger partial charge in [0.2, 0.25) is 0 Å². The SMILES string of the molecule is Cc1ccc(S(=O)(=O)C(C#N)c2c(Cl)cccc2Cl)cc1. The van der Waals surface area contributed by atoms with E-state index >= 15 is 0 Å². The second-order valence-electron chi connectivity index (χ2n) is 4.50. The number of hydrogen-bond acceptors (Lipinski definition) is 3. The maximum atomic E-state index is 12.6. The van der Waals surface area contributed by atoms with E-state index in [-0.39, 0.29) is 20.5 Å². The summed E-state index contributed by atoms with van der Waals surface area (Å²) in [7, 11) is -3.90. The zero-order valence-electron chi connectivity index (χ0n) is 11.0. The summed E-state index contributed by atoms with van der Waals surface area (Å²) in [4.78, 5) is 0.0654. The third-order valence-electron chi connectivity index (χ3n) is 3.04. The van der Waals surface area contributed by atoms with Gasteiger partial charge >= 0.3 is 0 Å². The van der Waals surface area contributed by atoms with Crippen molar-refractivity contribution in [3.05, 3.63) is 63.6 Å². The molecule has 0 saturated heterocycles. The molecule has 0 aliphatic heterocycles. The normalized spacial score (nSPS) is 12.7. The zero-order chi connectivity index (χ0) is 15.6. The maximum Gasteiger partial charge on any atom is 0.198 e. The summed E-state index contributed by atoms with van der Waals surface area (Å²) in [6, 6.07) is 12.7. The highest BCUT2D eigenvalue weighted by Gasteiger charge is 2.32. The van der Waals surface area contributed by atoms with Crippen LogP contribution < -0.4 is 0 Å². The lowest BCUT2D eigenvalue weighted by atomic mass is 10.1. The topological polar surface area (TPSA) is 57.9 Å². The van der Waals surface area contributed by atoms with Gasteiger partial charge in [0.05, 0.1) is 11.0 Å². The van der Waals surface area contributed by atoms with Gasteiger partial charge < -0.3 is 0 Å². The van der Waals surface area contributed by atoms with Crippen LogP contribution >= 0.6 is 23.2 Å². The summed E-state index contributed by atoms with van der Waals surface area (Å²) >= 11 is 12.0. The Morgan fingerprint density at radius 1 is 1.05 bits per heavy atom. The van der Waals surface area contributed by atoms with E-state index in [1.54, 1.807) is 24.3 Å². The molecule has 0 bridgehead atoms. The van der Waals surface area contributed by atoms with Crippen LogP contribution in [-0.2, 0) is 9.84 Å². The van der Waals surface area contributed by atoms with Crippen LogP contribution in [-0.4, -0.2) is 8.42 Å². The van der Waals surface area contributed by atoms with Crippen molar-refractivity contribution in [3.63, 3.8) is 0 Å². The van der Waals surface area contributed by atoms with Crippen LogP contribution in [0.3, 0.4) is 0 Å². The standard InChI is InChI=1S/C15H11Cl2NO2S/c1-10-5-7-11(8-6-10)21(19,20)14(9-18)15-12(16)3-2-4-13(15)17/h2-8,14H,1H3. The van der Waals surface area contributed by atoms with Crippen molar-refractivity contribution in [2.24, 2.45) is 0 Å². The first-order valence-corrected chi connectivity index (χ1v) is 8.32. The highest BCUT2D eigenvalue weighted by molar-refractivity contribution is 7.92. The Morgan fingerprint density at radius 2 is 1.57 bits per heavy atom. The average molecular weight is 340 g/mol. The fraction of sp³-hybridized carbons (Fsp3) is 0.133. The van der Waals surface area contributed by atoms with E-state index in [2.05, 4.69) is 0 Å². The number of halogens is 2. The number of rotatable bonds is 3. The van der Waals surface area contributed by atoms with E-state index < -0.39 is 15.1 Å². The van der Waals surface area contributed by atoms with Crippen molar-refractivity contribution in [2.45, 2.75) is 17.1 Å². The molecule has 0 saturated carbocycles. The molecule has 21 heavy (non-hydrogen) atoms. The third kappa shape index (κ3) is 3.06. The minimum Gasteiger partial charge on any atom is -0.222 e. The molecule has 2 aromatic carbocycles. The van der Waals surface area contributed by atoms with Crippen LogP contribution in [0.4, 0.5) is 0 Å². The average Bonchev–Trinajstić information content (AvgIpc) is 2.43. The molecule has 1 atom stereocenters. The molecule has 1 unspecified atom stereocenters. The largest absolute Gasteiger partial charge is 0.222 e. The molecule has 0 aliphatic carbocycles. The fourth-order valence-corrected chi connectivity index (χ4v) is 4.15. The summed E-state index contributed by atoms with van der Waals surface area (Å²) in [6.45, 7) is 1.85. The molecule has 0 aromatic heterocycles. The Labute approximate surface area is 133 Å². The van der Waals surface area contributed by atoms with E-state index in [1.807, 2.05) is 6.92 Å². The molecular weight excluding hydrogens is 329 g/mol. The van der Waals surface area contributed by atoms with Gasteiger partial charge in [-0.05, 0) is 31.2 Å². The predicted molar refractivity (Wildman–Crippen MR) is 83.2 cm³/mol. The molecule has 2 aromatic rings.